The van der Waals surface area contributed by atoms with E-state index in [0.29, 0.717) is 6.42 Å². The van der Waals surface area contributed by atoms with Crippen LogP contribution in [0, 0.1) is 0 Å². The van der Waals surface area contributed by atoms with Crippen LogP contribution in [0.1, 0.15) is 32.0 Å². The number of nitrogens with zero attached hydrogens (tertiary/aromatic N) is 2. The molecule has 0 saturated carbocycles. The van der Waals surface area contributed by atoms with Crippen molar-refractivity contribution in [1.29, 1.82) is 0 Å². The van der Waals surface area contributed by atoms with Crippen molar-refractivity contribution in [3.63, 3.8) is 0 Å². The largest absolute Gasteiger partial charge is 0.390 e. The lowest BCUT2D eigenvalue weighted by atomic mass is 10.1. The van der Waals surface area contributed by atoms with Gasteiger partial charge in [0.2, 0.25) is 0 Å². The maximum Gasteiger partial charge on any atom is 0.111 e. The molecule has 0 bridgehead atoms. The second kappa shape index (κ2) is 5.46. The number of aromatic nitrogens is 2. The van der Waals surface area contributed by atoms with E-state index in [2.05, 4.69) is 16.5 Å². The van der Waals surface area contributed by atoms with Gasteiger partial charge in [0.1, 0.15) is 5.82 Å². The fourth-order valence-electron chi connectivity index (χ4n) is 2.20. The van der Waals surface area contributed by atoms with Gasteiger partial charge in [0.05, 0.1) is 12.2 Å². The van der Waals surface area contributed by atoms with E-state index in [-0.39, 0.29) is 6.10 Å². The Kier molecular flexibility index (Phi) is 3.96. The highest BCUT2D eigenvalue weighted by Crippen LogP contribution is 2.18. The van der Waals surface area contributed by atoms with Gasteiger partial charge in [-0.15, -0.1) is 0 Å². The molecule has 0 aliphatic carbocycles. The van der Waals surface area contributed by atoms with Crippen LogP contribution >= 0.6 is 0 Å². The first-order valence-corrected chi connectivity index (χ1v) is 6.11. The van der Waals surface area contributed by atoms with Gasteiger partial charge in [-0.1, -0.05) is 6.92 Å². The Morgan fingerprint density at radius 3 is 3.25 bits per heavy atom. The van der Waals surface area contributed by atoms with E-state index >= 15 is 0 Å². The predicted octanol–water partition coefficient (Wildman–Crippen LogP) is 1.38. The molecule has 1 saturated heterocycles. The van der Waals surface area contributed by atoms with Gasteiger partial charge in [-0.05, 0) is 19.3 Å². The van der Waals surface area contributed by atoms with Crippen molar-refractivity contribution in [2.24, 2.45) is 0 Å². The zero-order valence-electron chi connectivity index (χ0n) is 9.80. The molecule has 0 spiro atoms. The Hall–Kier alpha value is -0.870. The molecule has 90 valence electrons. The van der Waals surface area contributed by atoms with E-state index in [1.165, 1.54) is 0 Å². The smallest absolute Gasteiger partial charge is 0.111 e. The summed E-state index contributed by atoms with van der Waals surface area (Å²) in [7, 11) is 0. The van der Waals surface area contributed by atoms with Crippen LogP contribution in [-0.2, 0) is 17.7 Å². The van der Waals surface area contributed by atoms with Crippen LogP contribution in [0.25, 0.3) is 0 Å². The quantitative estimate of drug-likeness (QED) is 0.822. The summed E-state index contributed by atoms with van der Waals surface area (Å²) in [6, 6.07) is 0. The third-order valence-electron chi connectivity index (χ3n) is 3.05. The van der Waals surface area contributed by atoms with E-state index in [0.717, 1.165) is 38.2 Å². The first-order valence-electron chi connectivity index (χ1n) is 6.11. The van der Waals surface area contributed by atoms with E-state index < -0.39 is 6.10 Å². The molecule has 2 unspecified atom stereocenters. The molecule has 1 aliphatic rings. The van der Waals surface area contributed by atoms with Gasteiger partial charge in [-0.2, -0.15) is 0 Å². The molecule has 1 aromatic heterocycles. The minimum atomic E-state index is -0.416. The number of aliphatic hydroxyl groups is 1. The highest BCUT2D eigenvalue weighted by atomic mass is 16.5. The molecule has 16 heavy (non-hydrogen) atoms. The molecule has 0 amide bonds. The minimum Gasteiger partial charge on any atom is -0.390 e. The van der Waals surface area contributed by atoms with Gasteiger partial charge in [0.25, 0.3) is 0 Å². The van der Waals surface area contributed by atoms with Crippen LogP contribution in [-0.4, -0.2) is 33.5 Å². The summed E-state index contributed by atoms with van der Waals surface area (Å²) in [4.78, 5) is 4.29. The molecule has 0 radical (unpaired) electrons. The average Bonchev–Trinajstić information content (AvgIpc) is 2.90. The molecule has 1 N–H and O–H groups in total. The fraction of sp³-hybridized carbons (Fsp3) is 0.750. The molecule has 1 aliphatic heterocycles. The molecule has 4 heteroatoms. The molecule has 4 nitrogen and oxygen atoms in total. The number of hydrogen-bond donors (Lipinski definition) is 1. The Morgan fingerprint density at radius 2 is 2.56 bits per heavy atom. The number of imidazole rings is 1. The summed E-state index contributed by atoms with van der Waals surface area (Å²) >= 11 is 0. The highest BCUT2D eigenvalue weighted by Gasteiger charge is 2.25. The van der Waals surface area contributed by atoms with Crippen LogP contribution < -0.4 is 0 Å². The normalized spacial score (nSPS) is 22.5. The molecule has 2 heterocycles. The maximum absolute atomic E-state index is 10.0. The summed E-state index contributed by atoms with van der Waals surface area (Å²) in [5.74, 6) is 0.963. The molecular formula is C12H20N2O2. The van der Waals surface area contributed by atoms with E-state index in [1.54, 1.807) is 6.20 Å². The van der Waals surface area contributed by atoms with Crippen LogP contribution in [0.5, 0.6) is 0 Å². The van der Waals surface area contributed by atoms with Gasteiger partial charge in [0.15, 0.2) is 0 Å². The number of ether oxygens (including phenoxy) is 1. The van der Waals surface area contributed by atoms with Gasteiger partial charge in [-0.3, -0.25) is 0 Å². The predicted molar refractivity (Wildman–Crippen MR) is 61.2 cm³/mol. The second-order valence-corrected chi connectivity index (χ2v) is 4.36. The number of hydrogen-bond acceptors (Lipinski definition) is 3. The van der Waals surface area contributed by atoms with Crippen molar-refractivity contribution in [3.8, 4) is 0 Å². The maximum atomic E-state index is 10.0. The van der Waals surface area contributed by atoms with Gasteiger partial charge in [0, 0.05) is 32.0 Å². The Balaban J connectivity index is 1.94. The second-order valence-electron chi connectivity index (χ2n) is 4.36. The summed E-state index contributed by atoms with van der Waals surface area (Å²) in [6.45, 7) is 3.89. The monoisotopic (exact) mass is 224 g/mol. The first-order chi connectivity index (χ1) is 7.81. The third kappa shape index (κ3) is 2.62. The lowest BCUT2D eigenvalue weighted by Gasteiger charge is -2.17. The molecule has 1 fully saturated rings. The molecule has 0 aromatic carbocycles. The van der Waals surface area contributed by atoms with Crippen molar-refractivity contribution in [2.45, 2.75) is 51.4 Å². The minimum absolute atomic E-state index is 0.00627. The Morgan fingerprint density at radius 1 is 1.69 bits per heavy atom. The van der Waals surface area contributed by atoms with Crippen LogP contribution in [0.3, 0.4) is 0 Å². The van der Waals surface area contributed by atoms with Gasteiger partial charge >= 0.3 is 0 Å². The van der Waals surface area contributed by atoms with E-state index in [9.17, 15) is 5.11 Å². The van der Waals surface area contributed by atoms with Crippen LogP contribution in [0.15, 0.2) is 12.4 Å². The van der Waals surface area contributed by atoms with Crippen LogP contribution in [0.4, 0.5) is 0 Å². The summed E-state index contributed by atoms with van der Waals surface area (Å²) < 4.78 is 7.59. The van der Waals surface area contributed by atoms with E-state index in [4.69, 9.17) is 4.74 Å². The van der Waals surface area contributed by atoms with E-state index in [1.807, 2.05) is 6.20 Å². The third-order valence-corrected chi connectivity index (χ3v) is 3.05. The van der Waals surface area contributed by atoms with Crippen molar-refractivity contribution in [1.82, 2.24) is 9.55 Å². The molecule has 2 rings (SSSR count). The molecular weight excluding hydrogens is 204 g/mol. The van der Waals surface area contributed by atoms with Gasteiger partial charge in [-0.25, -0.2) is 4.98 Å². The van der Waals surface area contributed by atoms with Crippen molar-refractivity contribution >= 4 is 0 Å². The topological polar surface area (TPSA) is 47.3 Å². The zero-order valence-corrected chi connectivity index (χ0v) is 9.80. The van der Waals surface area contributed by atoms with Crippen molar-refractivity contribution in [3.05, 3.63) is 18.2 Å². The lowest BCUT2D eigenvalue weighted by molar-refractivity contribution is -0.00206. The first kappa shape index (κ1) is 11.6. The zero-order chi connectivity index (χ0) is 11.4. The van der Waals surface area contributed by atoms with Crippen LogP contribution in [0.2, 0.25) is 0 Å². The summed E-state index contributed by atoms with van der Waals surface area (Å²) in [5, 5.41) is 10.0. The Bertz CT molecular complexity index is 319. The Labute approximate surface area is 96.3 Å². The standard InChI is InChI=1S/C12H20N2O2/c1-2-6-14-7-5-13-12(14)9-10(15)11-4-3-8-16-11/h5,7,10-11,15H,2-4,6,8-9H2,1H3. The average molecular weight is 224 g/mol. The summed E-state index contributed by atoms with van der Waals surface area (Å²) in [6.07, 6.45) is 7.07. The van der Waals surface area contributed by atoms with Gasteiger partial charge < -0.3 is 14.4 Å². The lowest BCUT2D eigenvalue weighted by Crippen LogP contribution is -2.28. The van der Waals surface area contributed by atoms with Crippen molar-refractivity contribution < 1.29 is 9.84 Å². The highest BCUT2D eigenvalue weighted by molar-refractivity contribution is 4.96. The van der Waals surface area contributed by atoms with Crippen molar-refractivity contribution in [2.75, 3.05) is 6.61 Å². The number of aryl methyl sites for hydroxylation is 1. The SMILES string of the molecule is CCCn1ccnc1CC(O)C1CCCO1. The fourth-order valence-corrected chi connectivity index (χ4v) is 2.20. The molecule has 2 atom stereocenters. The summed E-state index contributed by atoms with van der Waals surface area (Å²) in [5.41, 5.74) is 0. The number of rotatable bonds is 5. The molecule has 1 aromatic rings. The number of aliphatic hydroxyl groups excluding tert-OH is 1.